The zero-order chi connectivity index (χ0) is 9.46. The molecule has 0 heterocycles. The molecule has 0 aliphatic carbocycles. The van der Waals surface area contributed by atoms with Crippen LogP contribution in [0.4, 0.5) is 22.0 Å². The first kappa shape index (κ1) is 9.49. The minimum atomic E-state index is -2.14. The molecule has 0 saturated heterocycles. The summed E-state index contributed by atoms with van der Waals surface area (Å²) in [4.78, 5) is 0. The summed E-state index contributed by atoms with van der Waals surface area (Å²) in [6.07, 6.45) is 0. The van der Waals surface area contributed by atoms with E-state index in [1.807, 2.05) is 0 Å². The van der Waals surface area contributed by atoms with Gasteiger partial charge in [0.15, 0.2) is 0 Å². The quantitative estimate of drug-likeness (QED) is 0.252. The van der Waals surface area contributed by atoms with Crippen LogP contribution in [-0.2, 0) is 0 Å². The van der Waals surface area contributed by atoms with Crippen LogP contribution in [-0.4, -0.2) is 16.3 Å². The molecule has 0 spiro atoms. The van der Waals surface area contributed by atoms with Crippen molar-refractivity contribution in [3.63, 3.8) is 0 Å². The van der Waals surface area contributed by atoms with Crippen LogP contribution in [0.1, 0.15) is 0 Å². The van der Waals surface area contributed by atoms with Crippen molar-refractivity contribution in [1.82, 2.24) is 0 Å². The van der Waals surface area contributed by atoms with E-state index in [4.69, 9.17) is 0 Å². The van der Waals surface area contributed by atoms with Gasteiger partial charge >= 0.3 is 71.8 Å². The fraction of sp³-hybridized carbons (Fsp3) is 0. The van der Waals surface area contributed by atoms with Crippen molar-refractivity contribution in [1.29, 1.82) is 0 Å². The summed E-state index contributed by atoms with van der Waals surface area (Å²) < 4.78 is 60.5. The molecule has 1 rings (SSSR count). The van der Waals surface area contributed by atoms with E-state index in [0.717, 1.165) is 0 Å². The first-order valence-corrected chi connectivity index (χ1v) is 3.31. The molecule has 0 aromatic heterocycles. The van der Waals surface area contributed by atoms with Gasteiger partial charge in [0.2, 0.25) is 0 Å². The van der Waals surface area contributed by atoms with Gasteiger partial charge in [0.25, 0.3) is 0 Å². The van der Waals surface area contributed by atoms with Gasteiger partial charge in [-0.05, 0) is 0 Å². The van der Waals surface area contributed by atoms with Crippen molar-refractivity contribution in [2.45, 2.75) is 0 Å². The van der Waals surface area contributed by atoms with Gasteiger partial charge in [-0.15, -0.1) is 0 Å². The average molecular weight is 194 g/mol. The van der Waals surface area contributed by atoms with Crippen LogP contribution in [0, 0.1) is 29.1 Å². The molecule has 60 valence electrons. The Kier molecular flexibility index (Phi) is 2.40. The Balaban J connectivity index is 3.60. The zero-order valence-corrected chi connectivity index (χ0v) is 6.62. The van der Waals surface area contributed by atoms with Crippen LogP contribution in [0.3, 0.4) is 0 Å². The standard InChI is InChI=1S/C6F5.Al/c7-2-1-3(8)5(10)6(11)4(2)9;/q;+2. The molecule has 0 unspecified atom stereocenters. The number of halogens is 5. The Hall–Kier alpha value is -0.598. The molecule has 12 heavy (non-hydrogen) atoms. The maximum absolute atomic E-state index is 12.4. The average Bonchev–Trinajstić information content (AvgIpc) is 2.08. The third-order valence-corrected chi connectivity index (χ3v) is 1.75. The molecular formula is C6AlF5+2. The number of rotatable bonds is 0. The molecule has 0 aliphatic rings. The van der Waals surface area contributed by atoms with Crippen LogP contribution in [0.5, 0.6) is 0 Å². The van der Waals surface area contributed by atoms with Crippen LogP contribution < -0.4 is 4.43 Å². The van der Waals surface area contributed by atoms with E-state index in [1.54, 1.807) is 0 Å². The Bertz CT molecular complexity index is 230. The van der Waals surface area contributed by atoms with Crippen molar-refractivity contribution in [3.05, 3.63) is 29.1 Å². The Morgan fingerprint density at radius 1 is 0.583 bits per heavy atom. The Labute approximate surface area is 72.4 Å². The molecule has 0 atom stereocenters. The van der Waals surface area contributed by atoms with Gasteiger partial charge in [-0.2, -0.15) is 0 Å². The molecular weight excluding hydrogens is 194 g/mol. The molecule has 0 fully saturated rings. The van der Waals surface area contributed by atoms with Gasteiger partial charge in [-0.3, -0.25) is 0 Å². The summed E-state index contributed by atoms with van der Waals surface area (Å²) in [5.41, 5.74) is 0. The second-order valence-electron chi connectivity index (χ2n) is 1.98. The van der Waals surface area contributed by atoms with Gasteiger partial charge in [0.1, 0.15) is 0 Å². The summed E-state index contributed by atoms with van der Waals surface area (Å²) in [5.74, 6) is -9.65. The van der Waals surface area contributed by atoms with Gasteiger partial charge in [-0.1, -0.05) is 0 Å². The summed E-state index contributed by atoms with van der Waals surface area (Å²) >= 11 is 1.44. The molecule has 0 bridgehead atoms. The molecule has 0 saturated carbocycles. The zero-order valence-electron chi connectivity index (χ0n) is 5.47. The molecule has 0 N–H and O–H groups in total. The second-order valence-corrected chi connectivity index (χ2v) is 2.56. The van der Waals surface area contributed by atoms with E-state index >= 15 is 0 Å². The predicted molar refractivity (Wildman–Crippen MR) is 31.6 cm³/mol. The third kappa shape index (κ3) is 1.21. The fourth-order valence-corrected chi connectivity index (χ4v) is 0.875. The SMILES string of the molecule is Fc1c(F)c(F)[c]([Al+2])c(F)c1F. The van der Waals surface area contributed by atoms with Crippen molar-refractivity contribution >= 4 is 20.7 Å². The monoisotopic (exact) mass is 194 g/mol. The first-order chi connectivity index (χ1) is 5.46. The normalized spacial score (nSPS) is 10.6. The van der Waals surface area contributed by atoms with E-state index in [2.05, 4.69) is 0 Å². The predicted octanol–water partition coefficient (Wildman–Crippen LogP) is 1.18. The third-order valence-electron chi connectivity index (χ3n) is 1.24. The molecule has 0 amide bonds. The Morgan fingerprint density at radius 3 is 1.17 bits per heavy atom. The number of benzene rings is 1. The van der Waals surface area contributed by atoms with E-state index in [-0.39, 0.29) is 0 Å². The van der Waals surface area contributed by atoms with E-state index in [9.17, 15) is 22.0 Å². The molecule has 0 radical (unpaired) electrons. The molecule has 0 aliphatic heterocycles. The van der Waals surface area contributed by atoms with Gasteiger partial charge < -0.3 is 0 Å². The molecule has 6 heteroatoms. The fourth-order valence-electron chi connectivity index (χ4n) is 0.622. The number of hydrogen-bond donors (Lipinski definition) is 0. The van der Waals surface area contributed by atoms with Crippen LogP contribution in [0.2, 0.25) is 0 Å². The second kappa shape index (κ2) is 3.04. The van der Waals surface area contributed by atoms with Crippen LogP contribution in [0.15, 0.2) is 0 Å². The van der Waals surface area contributed by atoms with Crippen molar-refractivity contribution in [2.24, 2.45) is 0 Å². The van der Waals surface area contributed by atoms with Crippen molar-refractivity contribution in [2.75, 3.05) is 0 Å². The van der Waals surface area contributed by atoms with E-state index in [1.165, 1.54) is 16.3 Å². The van der Waals surface area contributed by atoms with Crippen LogP contribution >= 0.6 is 0 Å². The first-order valence-electron chi connectivity index (χ1n) is 2.73. The van der Waals surface area contributed by atoms with Gasteiger partial charge in [0, 0.05) is 0 Å². The summed E-state index contributed by atoms with van der Waals surface area (Å²) in [6.45, 7) is 0. The molecule has 1 aromatic rings. The summed E-state index contributed by atoms with van der Waals surface area (Å²) in [5, 5.41) is 0. The van der Waals surface area contributed by atoms with E-state index < -0.39 is 33.5 Å². The van der Waals surface area contributed by atoms with Gasteiger partial charge in [0.05, 0.1) is 0 Å². The Morgan fingerprint density at radius 2 is 0.833 bits per heavy atom. The molecule has 1 aromatic carbocycles. The van der Waals surface area contributed by atoms with Gasteiger partial charge in [-0.25, -0.2) is 0 Å². The molecule has 0 nitrogen and oxygen atoms in total. The summed E-state index contributed by atoms with van der Waals surface area (Å²) in [7, 11) is 0. The summed E-state index contributed by atoms with van der Waals surface area (Å²) in [6, 6.07) is 0. The minimum absolute atomic E-state index is 0.952. The van der Waals surface area contributed by atoms with Crippen molar-refractivity contribution < 1.29 is 22.0 Å². The number of hydrogen-bond acceptors (Lipinski definition) is 0. The van der Waals surface area contributed by atoms with E-state index in [0.29, 0.717) is 0 Å². The maximum atomic E-state index is 12.4. The topological polar surface area (TPSA) is 0 Å². The van der Waals surface area contributed by atoms with Crippen LogP contribution in [0.25, 0.3) is 0 Å². The van der Waals surface area contributed by atoms with Crippen molar-refractivity contribution in [3.8, 4) is 0 Å².